The van der Waals surface area contributed by atoms with Crippen molar-refractivity contribution in [3.63, 3.8) is 0 Å². The van der Waals surface area contributed by atoms with Gasteiger partial charge in [0, 0.05) is 10.4 Å². The smallest absolute Gasteiger partial charge is 0.341 e. The van der Waals surface area contributed by atoms with E-state index in [0.717, 1.165) is 8.66 Å². The van der Waals surface area contributed by atoms with Crippen molar-refractivity contribution in [3.8, 4) is 5.75 Å². The van der Waals surface area contributed by atoms with Gasteiger partial charge in [-0.3, -0.25) is 4.79 Å². The van der Waals surface area contributed by atoms with Crippen LogP contribution in [0.3, 0.4) is 0 Å². The molecule has 0 aliphatic heterocycles. The lowest BCUT2D eigenvalue weighted by molar-refractivity contribution is -0.139. The number of Topliss-reactive ketones (excluding diaryl/α,β-unsaturated/α-hetero) is 1. The first-order chi connectivity index (χ1) is 11.2. The lowest BCUT2D eigenvalue weighted by Gasteiger charge is -2.19. The summed E-state index contributed by atoms with van der Waals surface area (Å²) in [5.74, 6) is -1.04. The Morgan fingerprint density at radius 1 is 1.42 bits per heavy atom. The van der Waals surface area contributed by atoms with Crippen LogP contribution >= 0.6 is 50.5 Å². The summed E-state index contributed by atoms with van der Waals surface area (Å²) in [6.07, 6.45) is 0.453. The van der Waals surface area contributed by atoms with E-state index in [-0.39, 0.29) is 21.6 Å². The maximum atomic E-state index is 13.0. The summed E-state index contributed by atoms with van der Waals surface area (Å²) in [5, 5.41) is 8.91. The summed E-state index contributed by atoms with van der Waals surface area (Å²) in [6, 6.07) is 5.42. The van der Waals surface area contributed by atoms with Crippen molar-refractivity contribution in [2.24, 2.45) is 0 Å². The van der Waals surface area contributed by atoms with Crippen LogP contribution in [0.25, 0.3) is 0 Å². The third-order valence-electron chi connectivity index (χ3n) is 4.00. The van der Waals surface area contributed by atoms with E-state index in [4.69, 9.17) is 33.0 Å². The lowest BCUT2D eigenvalue weighted by Crippen LogP contribution is -2.28. The maximum Gasteiger partial charge on any atom is 0.341 e. The van der Waals surface area contributed by atoms with Gasteiger partial charge in [0.1, 0.15) is 10.8 Å². The highest BCUT2D eigenvalue weighted by Crippen LogP contribution is 2.48. The van der Waals surface area contributed by atoms with Crippen LogP contribution in [-0.4, -0.2) is 23.5 Å². The predicted octanol–water partition coefficient (Wildman–Crippen LogP) is 4.98. The van der Waals surface area contributed by atoms with Gasteiger partial charge < -0.3 is 9.84 Å². The molecule has 1 aromatic carbocycles. The molecule has 1 N–H and O–H groups in total. The fourth-order valence-corrected chi connectivity index (χ4v) is 4.86. The fraction of sp³-hybridized carbons (Fsp3) is 0.250. The van der Waals surface area contributed by atoms with E-state index in [1.54, 1.807) is 6.07 Å². The minimum absolute atomic E-state index is 0.0571. The number of ether oxygens (including phenoxy) is 1. The highest BCUT2D eigenvalue weighted by atomic mass is 79.9. The Kier molecular flexibility index (Phi) is 4.68. The van der Waals surface area contributed by atoms with Crippen molar-refractivity contribution >= 4 is 62.2 Å². The molecule has 1 atom stereocenters. The van der Waals surface area contributed by atoms with E-state index in [0.29, 0.717) is 17.5 Å². The van der Waals surface area contributed by atoms with Crippen LogP contribution in [-0.2, 0) is 16.6 Å². The number of halogens is 3. The number of rotatable bonds is 4. The van der Waals surface area contributed by atoms with Crippen LogP contribution in [0.1, 0.15) is 27.7 Å². The van der Waals surface area contributed by atoms with Gasteiger partial charge in [-0.15, -0.1) is 11.3 Å². The molecule has 1 aliphatic carbocycles. The molecule has 0 bridgehead atoms. The molecular formula is C16H11BrCl2O4S. The monoisotopic (exact) mass is 448 g/mol. The molecule has 8 heteroatoms. The highest BCUT2D eigenvalue weighted by molar-refractivity contribution is 9.11. The van der Waals surface area contributed by atoms with Crippen LogP contribution in [0.4, 0.5) is 0 Å². The van der Waals surface area contributed by atoms with Crippen molar-refractivity contribution in [2.45, 2.75) is 18.8 Å². The van der Waals surface area contributed by atoms with Gasteiger partial charge in [0.25, 0.3) is 0 Å². The van der Waals surface area contributed by atoms with Crippen LogP contribution < -0.4 is 4.74 Å². The predicted molar refractivity (Wildman–Crippen MR) is 97.0 cm³/mol. The zero-order chi connectivity index (χ0) is 17.6. The summed E-state index contributed by atoms with van der Waals surface area (Å²) in [7, 11) is 0. The average Bonchev–Trinajstić information content (AvgIpc) is 3.05. The minimum atomic E-state index is -1.12. The molecule has 1 aliphatic rings. The number of benzene rings is 1. The quantitative estimate of drug-likeness (QED) is 0.714. The van der Waals surface area contributed by atoms with Crippen LogP contribution in [0, 0.1) is 0 Å². The first kappa shape index (κ1) is 17.7. The number of carboxylic acids is 1. The number of carbonyl (C=O) groups is 2. The van der Waals surface area contributed by atoms with Crippen molar-refractivity contribution < 1.29 is 19.4 Å². The number of ketones is 1. The molecule has 1 heterocycles. The van der Waals surface area contributed by atoms with Crippen molar-refractivity contribution in [3.05, 3.63) is 48.0 Å². The SMILES string of the molecule is CC1(c2ccc(Br)s2)Cc2cc(OCC(=O)O)c(Cl)c(Cl)c2C1=O. The van der Waals surface area contributed by atoms with E-state index in [1.165, 1.54) is 11.3 Å². The Morgan fingerprint density at radius 3 is 2.71 bits per heavy atom. The van der Waals surface area contributed by atoms with E-state index in [2.05, 4.69) is 15.9 Å². The summed E-state index contributed by atoms with van der Waals surface area (Å²) < 4.78 is 6.13. The topological polar surface area (TPSA) is 63.6 Å². The Bertz CT molecular complexity index is 864. The third-order valence-corrected chi connectivity index (χ3v) is 6.73. The minimum Gasteiger partial charge on any atom is -0.480 e. The summed E-state index contributed by atoms with van der Waals surface area (Å²) in [4.78, 5) is 24.6. The summed E-state index contributed by atoms with van der Waals surface area (Å²) in [5.41, 5.74) is 0.371. The van der Waals surface area contributed by atoms with Gasteiger partial charge in [0.15, 0.2) is 12.4 Å². The van der Waals surface area contributed by atoms with Gasteiger partial charge in [-0.25, -0.2) is 4.79 Å². The molecule has 0 radical (unpaired) electrons. The summed E-state index contributed by atoms with van der Waals surface area (Å²) >= 11 is 17.4. The van der Waals surface area contributed by atoms with Gasteiger partial charge in [0.05, 0.1) is 14.2 Å². The Hall–Kier alpha value is -1.08. The second-order valence-electron chi connectivity index (χ2n) is 5.66. The zero-order valence-electron chi connectivity index (χ0n) is 12.4. The first-order valence-electron chi connectivity index (χ1n) is 6.90. The largest absolute Gasteiger partial charge is 0.480 e. The standard InChI is InChI=1S/C16H11BrCl2O4S/c1-16(9-2-3-10(17)24-9)5-7-4-8(23-6-11(20)21)13(18)14(19)12(7)15(16)22/h2-4H,5-6H2,1H3,(H,20,21). The van der Waals surface area contributed by atoms with Crippen LogP contribution in [0.2, 0.25) is 10.0 Å². The molecule has 0 amide bonds. The van der Waals surface area contributed by atoms with Gasteiger partial charge >= 0.3 is 5.97 Å². The molecule has 1 aromatic heterocycles. The van der Waals surface area contributed by atoms with E-state index in [1.807, 2.05) is 19.1 Å². The molecule has 1 unspecified atom stereocenters. The van der Waals surface area contributed by atoms with Gasteiger partial charge in [0.2, 0.25) is 0 Å². The Balaban J connectivity index is 2.05. The molecule has 0 spiro atoms. The van der Waals surface area contributed by atoms with E-state index < -0.39 is 18.0 Å². The summed E-state index contributed by atoms with van der Waals surface area (Å²) in [6.45, 7) is 1.34. The molecule has 0 fully saturated rings. The van der Waals surface area contributed by atoms with Crippen molar-refractivity contribution in [2.75, 3.05) is 6.61 Å². The average molecular weight is 450 g/mol. The molecule has 0 saturated carbocycles. The fourth-order valence-electron chi connectivity index (χ4n) is 2.83. The Morgan fingerprint density at radius 2 is 2.12 bits per heavy atom. The molecule has 3 rings (SSSR count). The van der Waals surface area contributed by atoms with Crippen molar-refractivity contribution in [1.82, 2.24) is 0 Å². The first-order valence-corrected chi connectivity index (χ1v) is 9.26. The normalized spacial score (nSPS) is 19.4. The molecule has 24 heavy (non-hydrogen) atoms. The number of hydrogen-bond donors (Lipinski definition) is 1. The number of fused-ring (bicyclic) bond motifs is 1. The van der Waals surface area contributed by atoms with Gasteiger partial charge in [-0.1, -0.05) is 23.2 Å². The number of carbonyl (C=O) groups excluding carboxylic acids is 1. The number of aliphatic carboxylic acids is 1. The van der Waals surface area contributed by atoms with Crippen molar-refractivity contribution in [1.29, 1.82) is 0 Å². The molecule has 2 aromatic rings. The lowest BCUT2D eigenvalue weighted by atomic mass is 9.84. The van der Waals surface area contributed by atoms with E-state index >= 15 is 0 Å². The van der Waals surface area contributed by atoms with Gasteiger partial charge in [-0.2, -0.15) is 0 Å². The maximum absolute atomic E-state index is 13.0. The number of thiophene rings is 1. The molecular weight excluding hydrogens is 439 g/mol. The van der Waals surface area contributed by atoms with Crippen LogP contribution in [0.15, 0.2) is 22.0 Å². The van der Waals surface area contributed by atoms with E-state index in [9.17, 15) is 9.59 Å². The van der Waals surface area contributed by atoms with Gasteiger partial charge in [-0.05, 0) is 53.0 Å². The second-order valence-corrected chi connectivity index (χ2v) is 8.88. The highest BCUT2D eigenvalue weighted by Gasteiger charge is 2.46. The molecule has 0 saturated heterocycles. The number of carboxylic acid groups (broad SMARTS) is 1. The van der Waals surface area contributed by atoms with Crippen LogP contribution in [0.5, 0.6) is 5.75 Å². The Labute approximate surface area is 160 Å². The molecule has 126 valence electrons. The number of hydrogen-bond acceptors (Lipinski definition) is 4. The molecule has 4 nitrogen and oxygen atoms in total. The third kappa shape index (κ3) is 2.86. The zero-order valence-corrected chi connectivity index (χ0v) is 16.3. The second kappa shape index (κ2) is 6.33.